The lowest BCUT2D eigenvalue weighted by Gasteiger charge is -2.19. The molecule has 1 aromatic heterocycles. The van der Waals surface area contributed by atoms with Gasteiger partial charge in [-0.3, -0.25) is 14.9 Å². The number of carbonyl (C=O) groups is 3. The zero-order chi connectivity index (χ0) is 17.7. The minimum absolute atomic E-state index is 0.0338. The normalized spacial score (nSPS) is 17.1. The maximum absolute atomic E-state index is 12.0. The Morgan fingerprint density at radius 3 is 2.67 bits per heavy atom. The summed E-state index contributed by atoms with van der Waals surface area (Å²) in [5, 5.41) is 11.5. The Labute approximate surface area is 146 Å². The van der Waals surface area contributed by atoms with Crippen LogP contribution in [-0.4, -0.2) is 51.2 Å². The van der Waals surface area contributed by atoms with Gasteiger partial charge in [-0.1, -0.05) is 23.1 Å². The zero-order valence-corrected chi connectivity index (χ0v) is 14.9. The molecule has 3 amide bonds. The summed E-state index contributed by atoms with van der Waals surface area (Å²) in [7, 11) is 0. The van der Waals surface area contributed by atoms with Crippen LogP contribution in [0.3, 0.4) is 0 Å². The number of aromatic nitrogens is 2. The highest BCUT2D eigenvalue weighted by molar-refractivity contribution is 8.14. The van der Waals surface area contributed by atoms with Gasteiger partial charge in [-0.25, -0.2) is 4.79 Å². The predicted molar refractivity (Wildman–Crippen MR) is 91.8 cm³/mol. The molecule has 0 aliphatic carbocycles. The molecule has 1 aliphatic rings. The highest BCUT2D eigenvalue weighted by atomic mass is 32.2. The first-order valence-corrected chi connectivity index (χ1v) is 8.78. The second-order valence-corrected chi connectivity index (χ2v) is 6.81. The molecule has 1 unspecified atom stereocenters. The Morgan fingerprint density at radius 2 is 2.04 bits per heavy atom. The number of nitrogens with one attached hydrogen (secondary N) is 1. The summed E-state index contributed by atoms with van der Waals surface area (Å²) in [6.07, 6.45) is 0. The Balaban J connectivity index is 2.01. The average Bonchev–Trinajstić information content (AvgIpc) is 2.89. The van der Waals surface area contributed by atoms with Crippen molar-refractivity contribution in [2.45, 2.75) is 20.8 Å². The van der Waals surface area contributed by atoms with Gasteiger partial charge in [0.05, 0.1) is 17.4 Å². The molecule has 1 atom stereocenters. The number of rotatable bonds is 5. The maximum Gasteiger partial charge on any atom is 0.367 e. The molecular weight excluding hydrogens is 354 g/mol. The van der Waals surface area contributed by atoms with Gasteiger partial charge in [-0.2, -0.15) is 9.98 Å². The number of ether oxygens (including phenoxy) is 1. The molecule has 24 heavy (non-hydrogen) atoms. The number of urea groups is 1. The van der Waals surface area contributed by atoms with E-state index < -0.39 is 17.9 Å². The zero-order valence-electron chi connectivity index (χ0n) is 13.2. The van der Waals surface area contributed by atoms with Crippen LogP contribution in [0.2, 0.25) is 0 Å². The summed E-state index contributed by atoms with van der Waals surface area (Å²) in [6.45, 7) is 5.21. The fraction of sp³-hybridized carbons (Fsp3) is 0.462. The number of hydrogen-bond acceptors (Lipinski definition) is 8. The molecule has 9 nitrogen and oxygen atoms in total. The standard InChI is InChI=1S/C13H15N5O4S2/c1-4-22-11(20)9-6(2)14-12(21)16-10(9)23-5-8(19)15-13-18-17-7(3)24-13/h9H,4-5H2,1-3H3,(H,15,18,19). The summed E-state index contributed by atoms with van der Waals surface area (Å²) >= 11 is 2.24. The molecule has 11 heteroatoms. The van der Waals surface area contributed by atoms with Crippen molar-refractivity contribution in [1.29, 1.82) is 0 Å². The third kappa shape index (κ3) is 4.68. The number of aryl methyl sites for hydroxylation is 1. The SMILES string of the molecule is CCOC(=O)C1C(C)=NC(=O)N=C1SCC(=O)Nc1nnc(C)s1. The highest BCUT2D eigenvalue weighted by Gasteiger charge is 2.33. The van der Waals surface area contributed by atoms with Crippen molar-refractivity contribution < 1.29 is 19.1 Å². The lowest BCUT2D eigenvalue weighted by atomic mass is 10.1. The predicted octanol–water partition coefficient (Wildman–Crippen LogP) is 1.69. The Bertz CT molecular complexity index is 728. The van der Waals surface area contributed by atoms with Crippen molar-refractivity contribution in [1.82, 2.24) is 10.2 Å². The van der Waals surface area contributed by atoms with E-state index >= 15 is 0 Å². The molecule has 2 rings (SSSR count). The number of aliphatic imine (C=N–C) groups is 2. The largest absolute Gasteiger partial charge is 0.465 e. The highest BCUT2D eigenvalue weighted by Crippen LogP contribution is 2.22. The van der Waals surface area contributed by atoms with E-state index in [2.05, 4.69) is 25.5 Å². The number of esters is 1. The van der Waals surface area contributed by atoms with Crippen LogP contribution in [0.25, 0.3) is 0 Å². The van der Waals surface area contributed by atoms with Gasteiger partial charge in [0.25, 0.3) is 0 Å². The van der Waals surface area contributed by atoms with E-state index in [4.69, 9.17) is 4.74 Å². The molecular formula is C13H15N5O4S2. The summed E-state index contributed by atoms with van der Waals surface area (Å²) in [6, 6.07) is -0.698. The van der Waals surface area contributed by atoms with E-state index in [0.717, 1.165) is 16.8 Å². The van der Waals surface area contributed by atoms with Crippen molar-refractivity contribution in [2.24, 2.45) is 15.9 Å². The summed E-state index contributed by atoms with van der Waals surface area (Å²) in [5.74, 6) is -1.77. The van der Waals surface area contributed by atoms with Crippen LogP contribution < -0.4 is 5.32 Å². The average molecular weight is 369 g/mol. The minimum atomic E-state index is -0.857. The molecule has 1 N–H and O–H groups in total. The van der Waals surface area contributed by atoms with Crippen molar-refractivity contribution in [3.63, 3.8) is 0 Å². The van der Waals surface area contributed by atoms with E-state index in [1.165, 1.54) is 11.3 Å². The van der Waals surface area contributed by atoms with Crippen LogP contribution in [0.5, 0.6) is 0 Å². The van der Waals surface area contributed by atoms with Crippen LogP contribution in [0, 0.1) is 12.8 Å². The van der Waals surface area contributed by atoms with Gasteiger partial charge in [0.1, 0.15) is 10.9 Å². The van der Waals surface area contributed by atoms with E-state index in [9.17, 15) is 14.4 Å². The van der Waals surface area contributed by atoms with Crippen molar-refractivity contribution in [3.05, 3.63) is 5.01 Å². The van der Waals surface area contributed by atoms with E-state index in [0.29, 0.717) is 10.8 Å². The molecule has 0 radical (unpaired) electrons. The number of hydrogen-bond donors (Lipinski definition) is 1. The maximum atomic E-state index is 12.0. The van der Waals surface area contributed by atoms with Crippen molar-refractivity contribution in [3.8, 4) is 0 Å². The van der Waals surface area contributed by atoms with Gasteiger partial charge in [0.2, 0.25) is 11.0 Å². The van der Waals surface area contributed by atoms with Crippen LogP contribution in [-0.2, 0) is 14.3 Å². The van der Waals surface area contributed by atoms with Crippen molar-refractivity contribution in [2.75, 3.05) is 17.7 Å². The first-order chi connectivity index (χ1) is 11.4. The second kappa shape index (κ2) is 8.11. The van der Waals surface area contributed by atoms with E-state index in [1.54, 1.807) is 20.8 Å². The number of nitrogens with zero attached hydrogens (tertiary/aromatic N) is 4. The summed E-state index contributed by atoms with van der Waals surface area (Å²) in [4.78, 5) is 42.9. The second-order valence-electron chi connectivity index (χ2n) is 4.63. The monoisotopic (exact) mass is 369 g/mol. The van der Waals surface area contributed by atoms with Gasteiger partial charge < -0.3 is 4.74 Å². The number of amides is 3. The van der Waals surface area contributed by atoms with Gasteiger partial charge >= 0.3 is 12.0 Å². The quantitative estimate of drug-likeness (QED) is 0.783. The molecule has 0 bridgehead atoms. The minimum Gasteiger partial charge on any atom is -0.465 e. The van der Waals surface area contributed by atoms with Crippen LogP contribution >= 0.6 is 23.1 Å². The van der Waals surface area contributed by atoms with Gasteiger partial charge in [0, 0.05) is 5.71 Å². The molecule has 0 spiro atoms. The topological polar surface area (TPSA) is 123 Å². The number of anilines is 1. The van der Waals surface area contributed by atoms with Crippen molar-refractivity contribution >= 4 is 56.9 Å². The van der Waals surface area contributed by atoms with Crippen LogP contribution in [0.1, 0.15) is 18.9 Å². The van der Waals surface area contributed by atoms with Crippen LogP contribution in [0.4, 0.5) is 9.93 Å². The molecule has 2 heterocycles. The Morgan fingerprint density at radius 1 is 1.29 bits per heavy atom. The van der Waals surface area contributed by atoms with Gasteiger partial charge in [0.15, 0.2) is 0 Å². The lowest BCUT2D eigenvalue weighted by molar-refractivity contribution is -0.143. The van der Waals surface area contributed by atoms with E-state index in [1.807, 2.05) is 0 Å². The smallest absolute Gasteiger partial charge is 0.367 e. The summed E-state index contributed by atoms with van der Waals surface area (Å²) in [5.41, 5.74) is 0.302. The number of carbonyl (C=O) groups excluding carboxylic acids is 3. The first kappa shape index (κ1) is 18.2. The van der Waals surface area contributed by atoms with Gasteiger partial charge in [-0.15, -0.1) is 10.2 Å². The van der Waals surface area contributed by atoms with Gasteiger partial charge in [-0.05, 0) is 20.8 Å². The number of thioether (sulfide) groups is 1. The molecule has 0 saturated heterocycles. The third-order valence-corrected chi connectivity index (χ3v) is 4.57. The van der Waals surface area contributed by atoms with Crippen LogP contribution in [0.15, 0.2) is 9.98 Å². The summed E-state index contributed by atoms with van der Waals surface area (Å²) < 4.78 is 4.98. The lowest BCUT2D eigenvalue weighted by Crippen LogP contribution is -2.34. The molecule has 0 fully saturated rings. The first-order valence-electron chi connectivity index (χ1n) is 6.97. The molecule has 1 aromatic rings. The molecule has 0 saturated carbocycles. The molecule has 128 valence electrons. The third-order valence-electron chi connectivity index (χ3n) is 2.79. The fourth-order valence-corrected chi connectivity index (χ4v) is 3.37. The molecule has 1 aliphatic heterocycles. The Hall–Kier alpha value is -2.14. The fourth-order valence-electron chi connectivity index (χ4n) is 1.83. The van der Waals surface area contributed by atoms with E-state index in [-0.39, 0.29) is 23.3 Å². The molecule has 0 aromatic carbocycles. The Kier molecular flexibility index (Phi) is 6.15.